The summed E-state index contributed by atoms with van der Waals surface area (Å²) in [5.41, 5.74) is 6.28. The van der Waals surface area contributed by atoms with E-state index in [0.717, 1.165) is 24.1 Å². The van der Waals surface area contributed by atoms with Crippen LogP contribution in [0.25, 0.3) is 0 Å². The van der Waals surface area contributed by atoms with Crippen molar-refractivity contribution in [3.05, 3.63) is 28.2 Å². The van der Waals surface area contributed by atoms with Gasteiger partial charge in [0.15, 0.2) is 5.84 Å². The Morgan fingerprint density at radius 2 is 2.10 bits per heavy atom. The average Bonchev–Trinajstić information content (AvgIpc) is 2.48. The highest BCUT2D eigenvalue weighted by molar-refractivity contribution is 9.10. The number of nitrogens with two attached hydrogens (primary N) is 1. The fourth-order valence-corrected chi connectivity index (χ4v) is 2.94. The summed E-state index contributed by atoms with van der Waals surface area (Å²) in [6, 6.07) is 5.54. The number of hydrogen-bond acceptors (Lipinski definition) is 4. The lowest BCUT2D eigenvalue weighted by Gasteiger charge is -2.26. The Balaban J connectivity index is 1.96. The van der Waals surface area contributed by atoms with Gasteiger partial charge in [0.2, 0.25) is 0 Å². The number of piperidine rings is 1. The number of benzene rings is 1. The van der Waals surface area contributed by atoms with E-state index in [1.165, 1.54) is 19.3 Å². The Morgan fingerprint density at radius 3 is 2.80 bits per heavy atom. The van der Waals surface area contributed by atoms with Crippen LogP contribution in [0.15, 0.2) is 27.8 Å². The topological polar surface area (TPSA) is 71.1 Å². The molecule has 1 aliphatic rings. The molecule has 0 spiro atoms. The number of likely N-dealkylation sites (tertiary alicyclic amines) is 1. The minimum atomic E-state index is 0.0467. The lowest BCUT2D eigenvalue weighted by molar-refractivity contribution is 0.183. The number of nitrogens with zero attached hydrogens (tertiary/aromatic N) is 2. The largest absolute Gasteiger partial charge is 0.491 e. The van der Waals surface area contributed by atoms with Crippen molar-refractivity contribution in [2.45, 2.75) is 19.3 Å². The predicted octanol–water partition coefficient (Wildman–Crippen LogP) is 2.41. The van der Waals surface area contributed by atoms with E-state index >= 15 is 0 Å². The quantitative estimate of drug-likeness (QED) is 0.373. The Kier molecular flexibility index (Phi) is 5.67. The van der Waals surface area contributed by atoms with Gasteiger partial charge in [-0.25, -0.2) is 0 Å². The van der Waals surface area contributed by atoms with Gasteiger partial charge in [0.1, 0.15) is 12.4 Å². The molecule has 2 rings (SSSR count). The number of rotatable bonds is 5. The second-order valence-corrected chi connectivity index (χ2v) is 5.70. The molecule has 1 aliphatic heterocycles. The first-order valence-corrected chi connectivity index (χ1v) is 7.63. The molecule has 0 saturated carbocycles. The summed E-state index contributed by atoms with van der Waals surface area (Å²) in [6.45, 7) is 3.80. The van der Waals surface area contributed by atoms with Crippen LogP contribution in [0.3, 0.4) is 0 Å². The average molecular weight is 342 g/mol. The van der Waals surface area contributed by atoms with Gasteiger partial charge in [-0.15, -0.1) is 0 Å². The third-order valence-corrected chi connectivity index (χ3v) is 4.11. The normalized spacial score (nSPS) is 17.1. The molecule has 0 aromatic heterocycles. The lowest BCUT2D eigenvalue weighted by atomic mass is 10.1. The summed E-state index contributed by atoms with van der Waals surface area (Å²) in [4.78, 5) is 2.41. The third kappa shape index (κ3) is 3.86. The van der Waals surface area contributed by atoms with E-state index < -0.39 is 0 Å². The highest BCUT2D eigenvalue weighted by atomic mass is 79.9. The van der Waals surface area contributed by atoms with Gasteiger partial charge in [-0.1, -0.05) is 17.6 Å². The first-order valence-electron chi connectivity index (χ1n) is 6.84. The number of oxime groups is 1. The molecular weight excluding hydrogens is 322 g/mol. The van der Waals surface area contributed by atoms with Crippen LogP contribution in [-0.4, -0.2) is 42.2 Å². The minimum Gasteiger partial charge on any atom is -0.491 e. The fraction of sp³-hybridized carbons (Fsp3) is 0.500. The number of hydrogen-bond donors (Lipinski definition) is 2. The van der Waals surface area contributed by atoms with Crippen LogP contribution in [0.4, 0.5) is 0 Å². The zero-order chi connectivity index (χ0) is 14.4. The second-order valence-electron chi connectivity index (χ2n) is 4.85. The molecule has 1 fully saturated rings. The van der Waals surface area contributed by atoms with E-state index in [-0.39, 0.29) is 5.84 Å². The summed E-state index contributed by atoms with van der Waals surface area (Å²) >= 11 is 3.39. The number of amidine groups is 1. The highest BCUT2D eigenvalue weighted by Crippen LogP contribution is 2.26. The van der Waals surface area contributed by atoms with Gasteiger partial charge in [-0.3, -0.25) is 4.90 Å². The van der Waals surface area contributed by atoms with Gasteiger partial charge >= 0.3 is 0 Å². The molecule has 0 radical (unpaired) electrons. The molecule has 0 atom stereocenters. The molecule has 1 aromatic carbocycles. The van der Waals surface area contributed by atoms with E-state index in [4.69, 9.17) is 15.7 Å². The van der Waals surface area contributed by atoms with Gasteiger partial charge in [-0.05, 0) is 54.0 Å². The van der Waals surface area contributed by atoms with Crippen LogP contribution in [0.2, 0.25) is 0 Å². The van der Waals surface area contributed by atoms with Crippen LogP contribution < -0.4 is 10.5 Å². The molecule has 1 heterocycles. The summed E-state index contributed by atoms with van der Waals surface area (Å²) in [6.07, 6.45) is 3.87. The lowest BCUT2D eigenvalue weighted by Crippen LogP contribution is -2.33. The van der Waals surface area contributed by atoms with Gasteiger partial charge in [0, 0.05) is 11.0 Å². The molecule has 110 valence electrons. The van der Waals surface area contributed by atoms with Gasteiger partial charge in [0.05, 0.1) is 5.56 Å². The van der Waals surface area contributed by atoms with Crippen LogP contribution in [-0.2, 0) is 0 Å². The summed E-state index contributed by atoms with van der Waals surface area (Å²) in [5, 5.41) is 11.9. The van der Waals surface area contributed by atoms with Crippen LogP contribution in [0.1, 0.15) is 24.8 Å². The second kappa shape index (κ2) is 7.50. The maximum absolute atomic E-state index is 8.84. The van der Waals surface area contributed by atoms with Crippen LogP contribution in [0.5, 0.6) is 5.75 Å². The molecule has 0 unspecified atom stereocenters. The maximum atomic E-state index is 8.84. The van der Waals surface area contributed by atoms with E-state index in [2.05, 4.69) is 26.0 Å². The standard InChI is InChI=1S/C14H20BrN3O2/c15-11-5-4-6-12(13(11)14(16)17-19)20-10-9-18-7-2-1-3-8-18/h4-6,19H,1-3,7-10H2,(H2,16,17). The molecule has 1 saturated heterocycles. The fourth-order valence-electron chi connectivity index (χ4n) is 2.39. The molecule has 0 aliphatic carbocycles. The zero-order valence-electron chi connectivity index (χ0n) is 11.4. The molecule has 0 bridgehead atoms. The summed E-state index contributed by atoms with van der Waals surface area (Å²) in [5.74, 6) is 0.678. The van der Waals surface area contributed by atoms with E-state index in [1.807, 2.05) is 18.2 Å². The predicted molar refractivity (Wildman–Crippen MR) is 82.4 cm³/mol. The van der Waals surface area contributed by atoms with Crippen molar-refractivity contribution in [2.24, 2.45) is 10.9 Å². The molecule has 5 nitrogen and oxygen atoms in total. The van der Waals surface area contributed by atoms with Crippen molar-refractivity contribution < 1.29 is 9.94 Å². The van der Waals surface area contributed by atoms with E-state index in [9.17, 15) is 0 Å². The van der Waals surface area contributed by atoms with Crippen molar-refractivity contribution in [1.82, 2.24) is 4.90 Å². The Labute approximate surface area is 127 Å². The monoisotopic (exact) mass is 341 g/mol. The van der Waals surface area contributed by atoms with Gasteiger partial charge in [-0.2, -0.15) is 0 Å². The molecule has 0 amide bonds. The highest BCUT2D eigenvalue weighted by Gasteiger charge is 2.14. The van der Waals surface area contributed by atoms with Crippen molar-refractivity contribution in [3.8, 4) is 5.75 Å². The van der Waals surface area contributed by atoms with Crippen molar-refractivity contribution in [1.29, 1.82) is 0 Å². The number of ether oxygens (including phenoxy) is 1. The van der Waals surface area contributed by atoms with Crippen molar-refractivity contribution >= 4 is 21.8 Å². The SMILES string of the molecule is N/C(=N/O)c1c(Br)cccc1OCCN1CCCCC1. The maximum Gasteiger partial charge on any atom is 0.174 e. The first kappa shape index (κ1) is 15.1. The zero-order valence-corrected chi connectivity index (χ0v) is 13.0. The van der Waals surface area contributed by atoms with Crippen molar-refractivity contribution in [2.75, 3.05) is 26.2 Å². The first-order chi connectivity index (χ1) is 9.72. The van der Waals surface area contributed by atoms with Crippen LogP contribution >= 0.6 is 15.9 Å². The molecule has 20 heavy (non-hydrogen) atoms. The Bertz CT molecular complexity index is 473. The third-order valence-electron chi connectivity index (χ3n) is 3.45. The van der Waals surface area contributed by atoms with Crippen LogP contribution in [0, 0.1) is 0 Å². The Hall–Kier alpha value is -1.27. The molecular formula is C14H20BrN3O2. The minimum absolute atomic E-state index is 0.0467. The molecule has 1 aromatic rings. The van der Waals surface area contributed by atoms with Gasteiger partial charge in [0.25, 0.3) is 0 Å². The summed E-state index contributed by atoms with van der Waals surface area (Å²) in [7, 11) is 0. The smallest absolute Gasteiger partial charge is 0.174 e. The number of halogens is 1. The molecule has 3 N–H and O–H groups in total. The van der Waals surface area contributed by atoms with E-state index in [1.54, 1.807) is 0 Å². The summed E-state index contributed by atoms with van der Waals surface area (Å²) < 4.78 is 6.55. The Morgan fingerprint density at radius 1 is 1.35 bits per heavy atom. The van der Waals surface area contributed by atoms with Gasteiger partial charge < -0.3 is 15.7 Å². The van der Waals surface area contributed by atoms with Crippen molar-refractivity contribution in [3.63, 3.8) is 0 Å². The molecule has 6 heteroatoms. The van der Waals surface area contributed by atoms with E-state index in [0.29, 0.717) is 17.9 Å².